The number of hydrogen-bond acceptors (Lipinski definition) is 5. The van der Waals surface area contributed by atoms with Gasteiger partial charge in [-0.1, -0.05) is 38.8 Å². The van der Waals surface area contributed by atoms with E-state index in [2.05, 4.69) is 18.7 Å². The normalized spacial score (nSPS) is 16.7. The number of carboxylic acids is 2. The Balaban J connectivity index is 1.69. The van der Waals surface area contributed by atoms with Gasteiger partial charge in [-0.15, -0.1) is 0 Å². The van der Waals surface area contributed by atoms with E-state index in [1.807, 2.05) is 38.1 Å². The zero-order valence-electron chi connectivity index (χ0n) is 24.2. The van der Waals surface area contributed by atoms with Gasteiger partial charge in [-0.3, -0.25) is 9.59 Å². The first-order chi connectivity index (χ1) is 19.5. The number of carbonyl (C=O) groups is 3. The summed E-state index contributed by atoms with van der Waals surface area (Å²) in [5.74, 6) is -2.41. The lowest BCUT2D eigenvalue weighted by molar-refractivity contribution is -0.436. The first-order valence-corrected chi connectivity index (χ1v) is 14.3. The molecule has 1 aliphatic carbocycles. The van der Waals surface area contributed by atoms with E-state index >= 15 is 0 Å². The maximum absolute atomic E-state index is 13.4. The summed E-state index contributed by atoms with van der Waals surface area (Å²) < 4.78 is 1.80. The number of fused-ring (bicyclic) bond motifs is 1. The Labute approximate surface area is 240 Å². The van der Waals surface area contributed by atoms with E-state index in [-0.39, 0.29) is 41.2 Å². The molecule has 0 spiro atoms. The Morgan fingerprint density at radius 3 is 2.15 bits per heavy atom. The highest BCUT2D eigenvalue weighted by molar-refractivity contribution is 6.40. The summed E-state index contributed by atoms with van der Waals surface area (Å²) in [4.78, 5) is 38.8. The van der Waals surface area contributed by atoms with Crippen LogP contribution in [0.4, 0.5) is 11.4 Å². The number of unbranched alkanes of at least 4 members (excludes halogenated alkanes) is 2. The van der Waals surface area contributed by atoms with Gasteiger partial charge >= 0.3 is 11.9 Å². The van der Waals surface area contributed by atoms with Crippen molar-refractivity contribution < 1.29 is 34.3 Å². The van der Waals surface area contributed by atoms with Crippen molar-refractivity contribution in [1.29, 1.82) is 0 Å². The number of aliphatic carboxylic acids is 1. The van der Waals surface area contributed by atoms with Crippen LogP contribution in [0, 0.1) is 0 Å². The number of carboxylic acid groups (broad SMARTS) is 2. The van der Waals surface area contributed by atoms with E-state index in [9.17, 15) is 29.7 Å². The van der Waals surface area contributed by atoms with Gasteiger partial charge < -0.3 is 20.2 Å². The third kappa shape index (κ3) is 5.82. The van der Waals surface area contributed by atoms with Crippen LogP contribution in [0.2, 0.25) is 0 Å². The zero-order valence-corrected chi connectivity index (χ0v) is 24.2. The molecule has 8 nitrogen and oxygen atoms in total. The highest BCUT2D eigenvalue weighted by Crippen LogP contribution is 2.43. The number of nitrogens with zero attached hydrogens (tertiary/aromatic N) is 2. The number of hydrogen-bond donors (Lipinski definition) is 3. The molecule has 0 aromatic heterocycles. The molecule has 8 heteroatoms. The number of rotatable bonds is 13. The van der Waals surface area contributed by atoms with Crippen molar-refractivity contribution >= 4 is 40.4 Å². The number of carbonyl (C=O) groups excluding carboxylic acids is 1. The topological polar surface area (TPSA) is 118 Å². The number of aromatic carboxylic acids is 1. The van der Waals surface area contributed by atoms with Gasteiger partial charge in [-0.2, -0.15) is 4.58 Å². The minimum Gasteiger partial charge on any atom is -0.506 e. The first kappa shape index (κ1) is 29.8. The molecule has 0 fully saturated rings. The predicted molar refractivity (Wildman–Crippen MR) is 160 cm³/mol. The fourth-order valence-corrected chi connectivity index (χ4v) is 5.58. The number of aliphatic hydroxyl groups excluding tert-OH is 1. The molecule has 0 bridgehead atoms. The maximum atomic E-state index is 13.4. The fourth-order valence-electron chi connectivity index (χ4n) is 5.58. The largest absolute Gasteiger partial charge is 0.506 e. The smallest absolute Gasteiger partial charge is 0.335 e. The summed E-state index contributed by atoms with van der Waals surface area (Å²) in [5.41, 5.74) is 3.59. The third-order valence-electron chi connectivity index (χ3n) is 8.02. The minimum atomic E-state index is -1.06. The number of Topliss-reactive ketones (excluding diaryl/α,β-unsaturated/α-hetero) is 1. The van der Waals surface area contributed by atoms with E-state index in [0.29, 0.717) is 17.0 Å². The molecule has 0 atom stereocenters. The molecular weight excluding hydrogens is 520 g/mol. The first-order valence-electron chi connectivity index (χ1n) is 14.3. The van der Waals surface area contributed by atoms with Crippen LogP contribution in [0.1, 0.15) is 81.3 Å². The lowest BCUT2D eigenvalue weighted by Gasteiger charge is -2.26. The minimum absolute atomic E-state index is 0.0970. The van der Waals surface area contributed by atoms with Crippen LogP contribution in [0.3, 0.4) is 0 Å². The number of benzene rings is 2. The molecule has 0 radical (unpaired) electrons. The molecule has 3 N–H and O–H groups in total. The molecule has 2 aromatic carbocycles. The van der Waals surface area contributed by atoms with E-state index in [0.717, 1.165) is 50.0 Å². The van der Waals surface area contributed by atoms with Crippen LogP contribution in [0.25, 0.3) is 5.57 Å². The molecule has 4 rings (SSSR count). The van der Waals surface area contributed by atoms with Crippen LogP contribution in [-0.2, 0) is 15.0 Å². The fraction of sp³-hybridized carbons (Fsp3) is 0.394. The quantitative estimate of drug-likeness (QED) is 0.200. The molecule has 41 heavy (non-hydrogen) atoms. The zero-order chi connectivity index (χ0) is 29.9. The van der Waals surface area contributed by atoms with E-state index in [4.69, 9.17) is 0 Å². The number of aliphatic hydroxyl groups is 1. The second-order valence-corrected chi connectivity index (χ2v) is 11.2. The monoisotopic (exact) mass is 559 g/mol. The number of anilines is 1. The second kappa shape index (κ2) is 12.1. The molecule has 216 valence electrons. The maximum Gasteiger partial charge on any atom is 0.335 e. The molecule has 2 aromatic rings. The van der Waals surface area contributed by atoms with E-state index in [1.165, 1.54) is 6.07 Å². The van der Waals surface area contributed by atoms with Gasteiger partial charge in [0.2, 0.25) is 11.5 Å². The standard InChI is InChI=1S/C33H38N2O6/c1-5-7-16-34(17-8-6-2)23-12-9-21(10-13-23)29-30(38)24(31(29)39)20-27-33(3,4)25-19-22(32(40)41)11-14-26(25)35(27)18-15-28(36)37/h9-14,19-20H,5-8,15-18H2,1-4H3,(H2-,36,37,38,39,40,41)/p+1. The van der Waals surface area contributed by atoms with Gasteiger partial charge in [0.1, 0.15) is 12.2 Å². The molecule has 2 aliphatic rings. The van der Waals surface area contributed by atoms with Crippen LogP contribution in [0.15, 0.2) is 59.9 Å². The Kier molecular flexibility index (Phi) is 8.80. The van der Waals surface area contributed by atoms with Crippen molar-refractivity contribution in [3.05, 3.63) is 76.6 Å². The summed E-state index contributed by atoms with van der Waals surface area (Å²) in [6, 6.07) is 12.5. The average Bonchev–Trinajstić information content (AvgIpc) is 3.16. The Bertz CT molecular complexity index is 1460. The van der Waals surface area contributed by atoms with Gasteiger partial charge in [0.25, 0.3) is 0 Å². The lowest BCUT2D eigenvalue weighted by Crippen LogP contribution is -2.31. The van der Waals surface area contributed by atoms with Crippen molar-refractivity contribution in [1.82, 2.24) is 0 Å². The molecule has 0 saturated heterocycles. The Morgan fingerprint density at radius 1 is 0.976 bits per heavy atom. The van der Waals surface area contributed by atoms with Crippen molar-refractivity contribution in [3.8, 4) is 0 Å². The van der Waals surface area contributed by atoms with Crippen LogP contribution >= 0.6 is 0 Å². The predicted octanol–water partition coefficient (Wildman–Crippen LogP) is 6.12. The Morgan fingerprint density at radius 2 is 1.61 bits per heavy atom. The van der Waals surface area contributed by atoms with Gasteiger partial charge in [-0.25, -0.2) is 4.79 Å². The van der Waals surface area contributed by atoms with Crippen LogP contribution in [-0.4, -0.2) is 63.0 Å². The third-order valence-corrected chi connectivity index (χ3v) is 8.02. The summed E-state index contributed by atoms with van der Waals surface area (Å²) in [5, 5.41) is 29.9. The van der Waals surface area contributed by atoms with Gasteiger partial charge in [-0.05, 0) is 56.5 Å². The van der Waals surface area contributed by atoms with E-state index in [1.54, 1.807) is 22.8 Å². The highest BCUT2D eigenvalue weighted by Gasteiger charge is 2.47. The molecule has 0 saturated carbocycles. The second-order valence-electron chi connectivity index (χ2n) is 11.2. The van der Waals surface area contributed by atoms with Gasteiger partial charge in [0.05, 0.1) is 22.1 Å². The summed E-state index contributed by atoms with van der Waals surface area (Å²) in [6.07, 6.45) is 5.90. The highest BCUT2D eigenvalue weighted by atomic mass is 16.4. The Hall–Kier alpha value is -4.20. The summed E-state index contributed by atoms with van der Waals surface area (Å²) in [6.45, 7) is 10.2. The number of ketones is 1. The molecular formula is C33H39N2O6+. The molecule has 0 amide bonds. The van der Waals surface area contributed by atoms with Gasteiger partial charge in [0, 0.05) is 36.5 Å². The number of allylic oxidation sites excluding steroid dienone is 3. The van der Waals surface area contributed by atoms with Crippen LogP contribution < -0.4 is 4.90 Å². The molecule has 0 unspecified atom stereocenters. The summed E-state index contributed by atoms with van der Waals surface area (Å²) in [7, 11) is 0. The van der Waals surface area contributed by atoms with Crippen molar-refractivity contribution in [2.24, 2.45) is 0 Å². The molecule has 1 aliphatic heterocycles. The lowest BCUT2D eigenvalue weighted by atomic mass is 9.77. The van der Waals surface area contributed by atoms with Crippen molar-refractivity contribution in [2.75, 3.05) is 24.5 Å². The summed E-state index contributed by atoms with van der Waals surface area (Å²) >= 11 is 0. The SMILES string of the molecule is CCCCN(CCCC)c1ccc(C2=C(O)C(=CC3=[N+](CCC(=O)O)c4ccc(C(=O)O)cc4C3(C)C)C2=O)cc1. The van der Waals surface area contributed by atoms with Crippen molar-refractivity contribution in [2.45, 2.75) is 65.2 Å². The van der Waals surface area contributed by atoms with E-state index < -0.39 is 17.4 Å². The molecule has 1 heterocycles. The average molecular weight is 560 g/mol. The van der Waals surface area contributed by atoms with Crippen molar-refractivity contribution in [3.63, 3.8) is 0 Å². The van der Waals surface area contributed by atoms with Crippen LogP contribution in [0.5, 0.6) is 0 Å². The van der Waals surface area contributed by atoms with Gasteiger partial charge in [0.15, 0.2) is 12.3 Å².